The van der Waals surface area contributed by atoms with Crippen LogP contribution in [0, 0.1) is 0 Å². The molecule has 1 aromatic heterocycles. The number of carbonyl (C=O) groups is 2. The lowest BCUT2D eigenvalue weighted by molar-refractivity contribution is -0.132. The molecule has 0 spiro atoms. The number of ether oxygens (including phenoxy) is 4. The average Bonchev–Trinajstić information content (AvgIpc) is 3.61. The smallest absolute Gasteiger partial charge is 0.254 e. The molecule has 8 nitrogen and oxygen atoms in total. The molecule has 1 aliphatic heterocycles. The summed E-state index contributed by atoms with van der Waals surface area (Å²) in [5, 5.41) is 1.99. The number of methoxy groups -OCH3 is 2. The summed E-state index contributed by atoms with van der Waals surface area (Å²) < 4.78 is 21.5. The lowest BCUT2D eigenvalue weighted by Gasteiger charge is -2.27. The molecule has 2 heterocycles. The molecular weight excluding hydrogens is 492 g/mol. The molecule has 0 bridgehead atoms. The van der Waals surface area contributed by atoms with Gasteiger partial charge in [0, 0.05) is 23.5 Å². The van der Waals surface area contributed by atoms with E-state index in [1.807, 2.05) is 35.7 Å². The highest BCUT2D eigenvalue weighted by Crippen LogP contribution is 2.33. The SMILES string of the molecule is C=CCN(CC(=O)N(CCc1ccc(OC)c(OC)c1)Cc1cccs1)C(=O)c1ccc2c(c1)OCO2. The Labute approximate surface area is 220 Å². The van der Waals surface area contributed by atoms with Gasteiger partial charge in [-0.05, 0) is 53.8 Å². The van der Waals surface area contributed by atoms with E-state index in [9.17, 15) is 9.59 Å². The molecule has 9 heteroatoms. The quantitative estimate of drug-likeness (QED) is 0.328. The standard InChI is InChI=1S/C28H30N2O6S/c1-4-12-30(28(32)21-8-10-24-26(16-21)36-19-35-24)18-27(31)29(17-22-6-5-14-37-22)13-11-20-7-9-23(33-2)25(15-20)34-3/h4-10,14-16H,1,11-13,17-19H2,2-3H3. The van der Waals surface area contributed by atoms with Crippen molar-refractivity contribution >= 4 is 23.2 Å². The van der Waals surface area contributed by atoms with E-state index in [0.717, 1.165) is 10.4 Å². The molecule has 0 aliphatic carbocycles. The average molecular weight is 523 g/mol. The summed E-state index contributed by atoms with van der Waals surface area (Å²) in [6.45, 7) is 5.00. The fourth-order valence-corrected chi connectivity index (χ4v) is 4.75. The van der Waals surface area contributed by atoms with Gasteiger partial charge in [-0.1, -0.05) is 18.2 Å². The van der Waals surface area contributed by atoms with Crippen LogP contribution in [0.5, 0.6) is 23.0 Å². The molecule has 0 atom stereocenters. The summed E-state index contributed by atoms with van der Waals surface area (Å²) in [4.78, 5) is 31.2. The second-order valence-corrected chi connectivity index (χ2v) is 9.41. The molecule has 0 saturated carbocycles. The van der Waals surface area contributed by atoms with E-state index >= 15 is 0 Å². The Morgan fingerprint density at radius 2 is 1.84 bits per heavy atom. The summed E-state index contributed by atoms with van der Waals surface area (Å²) in [6.07, 6.45) is 2.24. The number of amides is 2. The predicted molar refractivity (Wildman–Crippen MR) is 142 cm³/mol. The Kier molecular flexibility index (Phi) is 8.68. The van der Waals surface area contributed by atoms with Crippen LogP contribution >= 0.6 is 11.3 Å². The van der Waals surface area contributed by atoms with Gasteiger partial charge in [-0.3, -0.25) is 9.59 Å². The fraction of sp³-hybridized carbons (Fsp3) is 0.286. The molecule has 2 amide bonds. The van der Waals surface area contributed by atoms with Crippen molar-refractivity contribution in [3.63, 3.8) is 0 Å². The van der Waals surface area contributed by atoms with Crippen molar-refractivity contribution in [1.82, 2.24) is 9.80 Å². The predicted octanol–water partition coefficient (Wildman–Crippen LogP) is 4.39. The van der Waals surface area contributed by atoms with E-state index in [-0.39, 0.29) is 31.7 Å². The Morgan fingerprint density at radius 3 is 2.57 bits per heavy atom. The van der Waals surface area contributed by atoms with Crippen molar-refractivity contribution in [3.05, 3.63) is 82.6 Å². The lowest BCUT2D eigenvalue weighted by Crippen LogP contribution is -2.43. The van der Waals surface area contributed by atoms with E-state index < -0.39 is 0 Å². The number of hydrogen-bond donors (Lipinski definition) is 0. The zero-order valence-corrected chi connectivity index (χ0v) is 21.8. The minimum atomic E-state index is -0.275. The second kappa shape index (κ2) is 12.3. The number of fused-ring (bicyclic) bond motifs is 1. The third kappa shape index (κ3) is 6.42. The first-order valence-electron chi connectivity index (χ1n) is 11.8. The third-order valence-corrected chi connectivity index (χ3v) is 6.84. The van der Waals surface area contributed by atoms with Crippen LogP contribution in [0.4, 0.5) is 0 Å². The van der Waals surface area contributed by atoms with Crippen LogP contribution in [0.1, 0.15) is 20.8 Å². The number of thiophene rings is 1. The molecule has 0 unspecified atom stereocenters. The van der Waals surface area contributed by atoms with Crippen LogP contribution in [0.15, 0.2) is 66.6 Å². The number of carbonyl (C=O) groups excluding carboxylic acids is 2. The van der Waals surface area contributed by atoms with Crippen LogP contribution in [0.2, 0.25) is 0 Å². The van der Waals surface area contributed by atoms with Gasteiger partial charge in [0.2, 0.25) is 12.7 Å². The van der Waals surface area contributed by atoms with Gasteiger partial charge >= 0.3 is 0 Å². The van der Waals surface area contributed by atoms with E-state index in [4.69, 9.17) is 18.9 Å². The maximum Gasteiger partial charge on any atom is 0.254 e. The summed E-state index contributed by atoms with van der Waals surface area (Å²) in [5.41, 5.74) is 1.44. The molecule has 3 aromatic rings. The summed E-state index contributed by atoms with van der Waals surface area (Å²) in [5.74, 6) is 1.99. The molecule has 194 valence electrons. The second-order valence-electron chi connectivity index (χ2n) is 8.38. The van der Waals surface area contributed by atoms with Crippen LogP contribution in [0.3, 0.4) is 0 Å². The highest BCUT2D eigenvalue weighted by Gasteiger charge is 2.24. The summed E-state index contributed by atoms with van der Waals surface area (Å²) >= 11 is 1.59. The molecule has 2 aromatic carbocycles. The first-order chi connectivity index (χ1) is 18.0. The third-order valence-electron chi connectivity index (χ3n) is 5.98. The number of rotatable bonds is 12. The molecule has 0 radical (unpaired) electrons. The highest BCUT2D eigenvalue weighted by atomic mass is 32.1. The molecular formula is C28H30N2O6S. The molecule has 0 saturated heterocycles. The van der Waals surface area contributed by atoms with Gasteiger partial charge in [0.25, 0.3) is 5.91 Å². The number of nitrogens with zero attached hydrogens (tertiary/aromatic N) is 2. The summed E-state index contributed by atoms with van der Waals surface area (Å²) in [6, 6.07) is 14.7. The van der Waals surface area contributed by atoms with E-state index in [0.29, 0.717) is 48.1 Å². The van der Waals surface area contributed by atoms with Crippen LogP contribution in [-0.4, -0.2) is 62.3 Å². The van der Waals surface area contributed by atoms with E-state index in [1.165, 1.54) is 4.90 Å². The minimum Gasteiger partial charge on any atom is -0.493 e. The van der Waals surface area contributed by atoms with Crippen molar-refractivity contribution in [2.24, 2.45) is 0 Å². The zero-order chi connectivity index (χ0) is 26.2. The van der Waals surface area contributed by atoms with Crippen LogP contribution in [0.25, 0.3) is 0 Å². The van der Waals surface area contributed by atoms with Crippen molar-refractivity contribution in [1.29, 1.82) is 0 Å². The lowest BCUT2D eigenvalue weighted by atomic mass is 10.1. The molecule has 1 aliphatic rings. The van der Waals surface area contributed by atoms with Gasteiger partial charge in [-0.2, -0.15) is 0 Å². The van der Waals surface area contributed by atoms with Crippen molar-refractivity contribution < 1.29 is 28.5 Å². The van der Waals surface area contributed by atoms with Crippen LogP contribution < -0.4 is 18.9 Å². The Hall–Kier alpha value is -3.98. The van der Waals surface area contributed by atoms with Gasteiger partial charge in [0.15, 0.2) is 23.0 Å². The fourth-order valence-electron chi connectivity index (χ4n) is 4.03. The first-order valence-corrected chi connectivity index (χ1v) is 12.7. The largest absolute Gasteiger partial charge is 0.493 e. The molecule has 0 N–H and O–H groups in total. The van der Waals surface area contributed by atoms with E-state index in [2.05, 4.69) is 6.58 Å². The topological polar surface area (TPSA) is 77.5 Å². The normalized spacial score (nSPS) is 11.6. The Balaban J connectivity index is 1.49. The molecule has 37 heavy (non-hydrogen) atoms. The van der Waals surface area contributed by atoms with Crippen molar-refractivity contribution in [3.8, 4) is 23.0 Å². The molecule has 0 fully saturated rings. The zero-order valence-electron chi connectivity index (χ0n) is 21.0. The van der Waals surface area contributed by atoms with E-state index in [1.54, 1.807) is 54.7 Å². The highest BCUT2D eigenvalue weighted by molar-refractivity contribution is 7.09. The maximum atomic E-state index is 13.5. The minimum absolute atomic E-state index is 0.0728. The van der Waals surface area contributed by atoms with Crippen molar-refractivity contribution in [2.45, 2.75) is 13.0 Å². The first kappa shape index (κ1) is 26.1. The monoisotopic (exact) mass is 522 g/mol. The van der Waals surface area contributed by atoms with Gasteiger partial charge in [-0.15, -0.1) is 17.9 Å². The van der Waals surface area contributed by atoms with Gasteiger partial charge < -0.3 is 28.7 Å². The van der Waals surface area contributed by atoms with Crippen molar-refractivity contribution in [2.75, 3.05) is 40.6 Å². The van der Waals surface area contributed by atoms with Gasteiger partial charge in [0.05, 0.1) is 20.8 Å². The maximum absolute atomic E-state index is 13.5. The van der Waals surface area contributed by atoms with Gasteiger partial charge in [-0.25, -0.2) is 0 Å². The number of hydrogen-bond acceptors (Lipinski definition) is 7. The number of benzene rings is 2. The van der Waals surface area contributed by atoms with Crippen LogP contribution in [-0.2, 0) is 17.8 Å². The Morgan fingerprint density at radius 1 is 1.03 bits per heavy atom. The van der Waals surface area contributed by atoms with Gasteiger partial charge in [0.1, 0.15) is 6.54 Å². The summed E-state index contributed by atoms with van der Waals surface area (Å²) in [7, 11) is 3.19. The molecule has 4 rings (SSSR count). The Bertz CT molecular complexity index is 1240.